The molecule has 17 heavy (non-hydrogen) atoms. The Morgan fingerprint density at radius 2 is 2.47 bits per heavy atom. The average Bonchev–Trinajstić information content (AvgIpc) is 2.83. The minimum atomic E-state index is -0.187. The van der Waals surface area contributed by atoms with Crippen molar-refractivity contribution in [1.82, 2.24) is 10.3 Å². The van der Waals surface area contributed by atoms with E-state index in [4.69, 9.17) is 10.5 Å². The fourth-order valence-corrected chi connectivity index (χ4v) is 1.91. The summed E-state index contributed by atoms with van der Waals surface area (Å²) in [6.07, 6.45) is 3.65. The van der Waals surface area contributed by atoms with Gasteiger partial charge < -0.3 is 15.8 Å². The summed E-state index contributed by atoms with van der Waals surface area (Å²) in [7, 11) is 0. The van der Waals surface area contributed by atoms with Gasteiger partial charge >= 0.3 is 0 Å². The first-order valence-corrected chi connectivity index (χ1v) is 5.81. The number of nitrogens with one attached hydrogen (secondary N) is 1. The van der Waals surface area contributed by atoms with E-state index in [1.165, 1.54) is 6.20 Å². The third-order valence-electron chi connectivity index (χ3n) is 2.90. The maximum absolute atomic E-state index is 11.9. The molecule has 5 nitrogen and oxygen atoms in total. The van der Waals surface area contributed by atoms with Crippen LogP contribution in [0.3, 0.4) is 0 Å². The third-order valence-corrected chi connectivity index (χ3v) is 2.90. The van der Waals surface area contributed by atoms with Crippen LogP contribution in [0.2, 0.25) is 0 Å². The molecule has 0 bridgehead atoms. The summed E-state index contributed by atoms with van der Waals surface area (Å²) in [4.78, 5) is 15.8. The quantitative estimate of drug-likeness (QED) is 0.818. The predicted molar refractivity (Wildman–Crippen MR) is 64.6 cm³/mol. The van der Waals surface area contributed by atoms with Crippen LogP contribution in [0.1, 0.15) is 30.3 Å². The number of nitrogens with zero attached hydrogens (tertiary/aromatic N) is 1. The predicted octanol–water partition coefficient (Wildman–Crippen LogP) is 0.961. The summed E-state index contributed by atoms with van der Waals surface area (Å²) in [5.41, 5.74) is 6.44. The van der Waals surface area contributed by atoms with Crippen LogP contribution in [0.15, 0.2) is 18.3 Å². The Morgan fingerprint density at radius 1 is 1.65 bits per heavy atom. The maximum Gasteiger partial charge on any atom is 0.270 e. The Morgan fingerprint density at radius 3 is 3.06 bits per heavy atom. The highest BCUT2D eigenvalue weighted by molar-refractivity contribution is 5.92. The van der Waals surface area contributed by atoms with Gasteiger partial charge in [-0.25, -0.2) is 4.98 Å². The van der Waals surface area contributed by atoms with Crippen molar-refractivity contribution in [2.75, 3.05) is 12.3 Å². The normalized spacial score (nSPS) is 21.1. The molecule has 2 atom stereocenters. The van der Waals surface area contributed by atoms with Crippen molar-refractivity contribution >= 4 is 11.6 Å². The topological polar surface area (TPSA) is 77.2 Å². The Hall–Kier alpha value is -1.62. The van der Waals surface area contributed by atoms with Gasteiger partial charge in [0, 0.05) is 6.61 Å². The number of amides is 1. The molecule has 0 aliphatic carbocycles. The molecule has 0 saturated carbocycles. The van der Waals surface area contributed by atoms with Crippen molar-refractivity contribution in [1.29, 1.82) is 0 Å². The number of carbonyl (C=O) groups is 1. The van der Waals surface area contributed by atoms with Crippen LogP contribution in [0.4, 0.5) is 5.69 Å². The second kappa shape index (κ2) is 5.14. The number of carbonyl (C=O) groups excluding carboxylic acids is 1. The molecule has 2 rings (SSSR count). The van der Waals surface area contributed by atoms with Gasteiger partial charge in [-0.1, -0.05) is 0 Å². The highest BCUT2D eigenvalue weighted by Crippen LogP contribution is 2.15. The van der Waals surface area contributed by atoms with Gasteiger partial charge in [-0.15, -0.1) is 0 Å². The molecule has 0 spiro atoms. The van der Waals surface area contributed by atoms with E-state index in [0.717, 1.165) is 19.4 Å². The van der Waals surface area contributed by atoms with Gasteiger partial charge in [0.25, 0.3) is 5.91 Å². The third kappa shape index (κ3) is 2.94. The van der Waals surface area contributed by atoms with Crippen LogP contribution in [0.25, 0.3) is 0 Å². The van der Waals surface area contributed by atoms with Crippen LogP contribution in [0.5, 0.6) is 0 Å². The van der Waals surface area contributed by atoms with Gasteiger partial charge in [0.15, 0.2) is 0 Å². The van der Waals surface area contributed by atoms with Crippen molar-refractivity contribution in [3.8, 4) is 0 Å². The molecule has 3 N–H and O–H groups in total. The fraction of sp³-hybridized carbons (Fsp3) is 0.500. The monoisotopic (exact) mass is 235 g/mol. The highest BCUT2D eigenvalue weighted by Gasteiger charge is 2.24. The molecule has 0 radical (unpaired) electrons. The van der Waals surface area contributed by atoms with Crippen LogP contribution in [-0.4, -0.2) is 29.6 Å². The number of nitrogens with two attached hydrogens (primary N) is 1. The van der Waals surface area contributed by atoms with Gasteiger partial charge in [-0.3, -0.25) is 4.79 Å². The molecule has 2 unspecified atom stereocenters. The van der Waals surface area contributed by atoms with Crippen molar-refractivity contribution < 1.29 is 9.53 Å². The van der Waals surface area contributed by atoms with Crippen LogP contribution < -0.4 is 11.1 Å². The summed E-state index contributed by atoms with van der Waals surface area (Å²) in [6, 6.07) is 3.29. The van der Waals surface area contributed by atoms with E-state index in [2.05, 4.69) is 10.3 Å². The first-order valence-electron chi connectivity index (χ1n) is 5.81. The van der Waals surface area contributed by atoms with Crippen molar-refractivity contribution in [3.63, 3.8) is 0 Å². The Balaban J connectivity index is 1.94. The van der Waals surface area contributed by atoms with Crippen molar-refractivity contribution in [3.05, 3.63) is 24.0 Å². The highest BCUT2D eigenvalue weighted by atomic mass is 16.5. The van der Waals surface area contributed by atoms with E-state index in [1.54, 1.807) is 12.1 Å². The van der Waals surface area contributed by atoms with E-state index in [1.807, 2.05) is 6.92 Å². The lowest BCUT2D eigenvalue weighted by molar-refractivity contribution is 0.0709. The van der Waals surface area contributed by atoms with Gasteiger partial charge in [-0.05, 0) is 31.9 Å². The maximum atomic E-state index is 11.9. The van der Waals surface area contributed by atoms with E-state index in [9.17, 15) is 4.79 Å². The number of ether oxygens (including phenoxy) is 1. The number of nitrogen functional groups attached to an aromatic ring is 1. The molecular weight excluding hydrogens is 218 g/mol. The first kappa shape index (κ1) is 11.9. The Bertz CT molecular complexity index is 385. The number of hydrogen-bond acceptors (Lipinski definition) is 4. The fourth-order valence-electron chi connectivity index (χ4n) is 1.91. The standard InChI is InChI=1S/C12H17N3O2/c1-8(11-3-2-6-17-11)15-12(16)10-5-4-9(13)7-14-10/h4-5,7-8,11H,2-3,6,13H2,1H3,(H,15,16). The molecule has 1 amide bonds. The molecule has 2 heterocycles. The molecule has 1 aromatic rings. The Labute approximate surface area is 100 Å². The second-order valence-corrected chi connectivity index (χ2v) is 4.29. The van der Waals surface area contributed by atoms with E-state index >= 15 is 0 Å². The zero-order valence-electron chi connectivity index (χ0n) is 9.85. The van der Waals surface area contributed by atoms with Crippen molar-refractivity contribution in [2.24, 2.45) is 0 Å². The molecule has 1 aromatic heterocycles. The molecule has 1 aliphatic rings. The van der Waals surface area contributed by atoms with E-state index < -0.39 is 0 Å². The van der Waals surface area contributed by atoms with Crippen molar-refractivity contribution in [2.45, 2.75) is 31.9 Å². The number of aromatic nitrogens is 1. The van der Waals surface area contributed by atoms with Gasteiger partial charge in [0.05, 0.1) is 24.0 Å². The van der Waals surface area contributed by atoms with Crippen LogP contribution in [0, 0.1) is 0 Å². The summed E-state index contributed by atoms with van der Waals surface area (Å²) in [6.45, 7) is 2.73. The smallest absolute Gasteiger partial charge is 0.270 e. The second-order valence-electron chi connectivity index (χ2n) is 4.29. The van der Waals surface area contributed by atoms with Gasteiger partial charge in [0.1, 0.15) is 5.69 Å². The molecule has 5 heteroatoms. The molecule has 0 aromatic carbocycles. The lowest BCUT2D eigenvalue weighted by Gasteiger charge is -2.19. The lowest BCUT2D eigenvalue weighted by Crippen LogP contribution is -2.41. The van der Waals surface area contributed by atoms with Crippen LogP contribution in [-0.2, 0) is 4.74 Å². The molecule has 92 valence electrons. The summed E-state index contributed by atoms with van der Waals surface area (Å²) >= 11 is 0. The SMILES string of the molecule is CC(NC(=O)c1ccc(N)cn1)C1CCCO1. The number of rotatable bonds is 3. The van der Waals surface area contributed by atoms with Gasteiger partial charge in [-0.2, -0.15) is 0 Å². The average molecular weight is 235 g/mol. The minimum Gasteiger partial charge on any atom is -0.397 e. The summed E-state index contributed by atoms with van der Waals surface area (Å²) in [5, 5.41) is 2.89. The number of anilines is 1. The molecule has 1 aliphatic heterocycles. The zero-order valence-corrected chi connectivity index (χ0v) is 9.85. The zero-order chi connectivity index (χ0) is 12.3. The number of hydrogen-bond donors (Lipinski definition) is 2. The lowest BCUT2D eigenvalue weighted by atomic mass is 10.1. The molecule has 1 fully saturated rings. The van der Waals surface area contributed by atoms with E-state index in [0.29, 0.717) is 11.4 Å². The summed E-state index contributed by atoms with van der Waals surface area (Å²) < 4.78 is 5.52. The number of pyridine rings is 1. The largest absolute Gasteiger partial charge is 0.397 e. The Kier molecular flexibility index (Phi) is 3.58. The molecule has 1 saturated heterocycles. The van der Waals surface area contributed by atoms with E-state index in [-0.39, 0.29) is 18.1 Å². The summed E-state index contributed by atoms with van der Waals surface area (Å²) in [5.74, 6) is -0.187. The first-order chi connectivity index (χ1) is 8.16. The van der Waals surface area contributed by atoms with Crippen LogP contribution >= 0.6 is 0 Å². The van der Waals surface area contributed by atoms with Gasteiger partial charge in [0.2, 0.25) is 0 Å². The minimum absolute atomic E-state index is 0.00403. The molecular formula is C12H17N3O2.